The number of methoxy groups -OCH3 is 2. The third-order valence-corrected chi connectivity index (χ3v) is 5.68. The molecule has 0 unspecified atom stereocenters. The molecule has 0 amide bonds. The van der Waals surface area contributed by atoms with Gasteiger partial charge in [0.25, 0.3) is 0 Å². The number of nitrogens with zero attached hydrogens (tertiary/aromatic N) is 2. The molecule has 0 saturated carbocycles. The van der Waals surface area contributed by atoms with Crippen molar-refractivity contribution < 1.29 is 22.6 Å². The van der Waals surface area contributed by atoms with Crippen molar-refractivity contribution in [3.05, 3.63) is 76.4 Å². The summed E-state index contributed by atoms with van der Waals surface area (Å²) in [4.78, 5) is 0. The van der Waals surface area contributed by atoms with Crippen LogP contribution in [0.25, 0.3) is 21.9 Å². The molecular formula is C25H21ClF3N3O2. The number of benzene rings is 3. The van der Waals surface area contributed by atoms with Gasteiger partial charge in [-0.2, -0.15) is 18.3 Å². The standard InChI is InChI=1S/C25H21ClF3N3O2/c1-14-22-10-15(17-8-18(25(27,28)29)11-19(26)9-17)5-7-21(22)24(32-31-14)30-13-16-4-6-20(33-2)12-23(16)34-3/h4-12H,13H2,1-3H3,(H,30,32). The highest BCUT2D eigenvalue weighted by Gasteiger charge is 2.31. The number of aryl methyl sites for hydroxylation is 1. The quantitative estimate of drug-likeness (QED) is 0.320. The normalized spacial score (nSPS) is 11.5. The van der Waals surface area contributed by atoms with E-state index in [2.05, 4.69) is 15.5 Å². The highest BCUT2D eigenvalue weighted by Crippen LogP contribution is 2.36. The molecule has 0 fully saturated rings. The van der Waals surface area contributed by atoms with E-state index in [1.807, 2.05) is 18.2 Å². The Labute approximate surface area is 199 Å². The number of aromatic nitrogens is 2. The number of fused-ring (bicyclic) bond motifs is 1. The van der Waals surface area contributed by atoms with Crippen molar-refractivity contribution in [2.45, 2.75) is 19.6 Å². The topological polar surface area (TPSA) is 56.3 Å². The molecule has 3 aromatic carbocycles. The highest BCUT2D eigenvalue weighted by molar-refractivity contribution is 6.31. The van der Waals surface area contributed by atoms with Crippen LogP contribution in [0, 0.1) is 6.92 Å². The number of nitrogens with one attached hydrogen (secondary N) is 1. The van der Waals surface area contributed by atoms with Crippen LogP contribution in [0.1, 0.15) is 16.8 Å². The average Bonchev–Trinajstić information content (AvgIpc) is 2.82. The molecule has 1 heterocycles. The first-order valence-corrected chi connectivity index (χ1v) is 10.7. The summed E-state index contributed by atoms with van der Waals surface area (Å²) in [5, 5.41) is 13.4. The van der Waals surface area contributed by atoms with Gasteiger partial charge >= 0.3 is 6.18 Å². The van der Waals surface area contributed by atoms with Crippen LogP contribution >= 0.6 is 11.6 Å². The number of rotatable bonds is 6. The van der Waals surface area contributed by atoms with E-state index in [9.17, 15) is 13.2 Å². The molecule has 0 saturated heterocycles. The van der Waals surface area contributed by atoms with Crippen molar-refractivity contribution in [3.63, 3.8) is 0 Å². The van der Waals surface area contributed by atoms with Gasteiger partial charge < -0.3 is 14.8 Å². The first kappa shape index (κ1) is 23.6. The van der Waals surface area contributed by atoms with Crippen molar-refractivity contribution in [2.24, 2.45) is 0 Å². The Bertz CT molecular complexity index is 1360. The minimum atomic E-state index is -4.49. The van der Waals surface area contributed by atoms with Gasteiger partial charge in [-0.25, -0.2) is 0 Å². The molecule has 1 aromatic heterocycles. The van der Waals surface area contributed by atoms with Crippen LogP contribution < -0.4 is 14.8 Å². The predicted molar refractivity (Wildman–Crippen MR) is 127 cm³/mol. The van der Waals surface area contributed by atoms with Gasteiger partial charge in [-0.3, -0.25) is 0 Å². The van der Waals surface area contributed by atoms with Gasteiger partial charge in [0.1, 0.15) is 11.5 Å². The van der Waals surface area contributed by atoms with Gasteiger partial charge in [-0.1, -0.05) is 17.7 Å². The first-order valence-electron chi connectivity index (χ1n) is 10.3. The van der Waals surface area contributed by atoms with E-state index in [1.165, 1.54) is 6.07 Å². The third kappa shape index (κ3) is 4.87. The van der Waals surface area contributed by atoms with Gasteiger partial charge in [-0.15, -0.1) is 5.10 Å². The fourth-order valence-electron chi connectivity index (χ4n) is 3.69. The SMILES string of the molecule is COc1ccc(CNc2nnc(C)c3cc(-c4cc(Cl)cc(C(F)(F)F)c4)ccc23)c(OC)c1. The van der Waals surface area contributed by atoms with Gasteiger partial charge in [-0.05, 0) is 60.5 Å². The van der Waals surface area contributed by atoms with E-state index in [0.29, 0.717) is 40.7 Å². The zero-order valence-electron chi connectivity index (χ0n) is 18.6. The molecule has 5 nitrogen and oxygen atoms in total. The Morgan fingerprint density at radius 2 is 1.68 bits per heavy atom. The van der Waals surface area contributed by atoms with Crippen LogP contribution in [0.5, 0.6) is 11.5 Å². The lowest BCUT2D eigenvalue weighted by Gasteiger charge is -2.14. The predicted octanol–water partition coefficient (Wildman–Crippen LogP) is 6.91. The molecule has 0 aliphatic carbocycles. The summed E-state index contributed by atoms with van der Waals surface area (Å²) < 4.78 is 50.4. The summed E-state index contributed by atoms with van der Waals surface area (Å²) in [6.45, 7) is 2.22. The zero-order valence-corrected chi connectivity index (χ0v) is 19.4. The highest BCUT2D eigenvalue weighted by atomic mass is 35.5. The number of ether oxygens (including phenoxy) is 2. The monoisotopic (exact) mass is 487 g/mol. The number of anilines is 1. The first-order chi connectivity index (χ1) is 16.2. The molecular weight excluding hydrogens is 467 g/mol. The fourth-order valence-corrected chi connectivity index (χ4v) is 3.92. The maximum atomic E-state index is 13.3. The Hall–Kier alpha value is -3.52. The second kappa shape index (κ2) is 9.38. The summed E-state index contributed by atoms with van der Waals surface area (Å²) in [6.07, 6.45) is -4.49. The molecule has 4 aromatic rings. The summed E-state index contributed by atoms with van der Waals surface area (Å²) in [6, 6.07) is 14.4. The number of alkyl halides is 3. The Kier molecular flexibility index (Phi) is 6.52. The van der Waals surface area contributed by atoms with Gasteiger partial charge in [0, 0.05) is 34.0 Å². The van der Waals surface area contributed by atoms with E-state index >= 15 is 0 Å². The van der Waals surface area contributed by atoms with Crippen LogP contribution in [0.3, 0.4) is 0 Å². The lowest BCUT2D eigenvalue weighted by molar-refractivity contribution is -0.137. The van der Waals surface area contributed by atoms with Gasteiger partial charge in [0.15, 0.2) is 5.82 Å². The molecule has 34 heavy (non-hydrogen) atoms. The Morgan fingerprint density at radius 3 is 2.38 bits per heavy atom. The Morgan fingerprint density at radius 1 is 0.882 bits per heavy atom. The smallest absolute Gasteiger partial charge is 0.416 e. The van der Waals surface area contributed by atoms with Crippen LogP contribution in [0.2, 0.25) is 5.02 Å². The van der Waals surface area contributed by atoms with Crippen molar-refractivity contribution in [1.29, 1.82) is 0 Å². The maximum absolute atomic E-state index is 13.3. The van der Waals surface area contributed by atoms with Crippen LogP contribution in [-0.4, -0.2) is 24.4 Å². The second-order valence-electron chi connectivity index (χ2n) is 7.65. The molecule has 0 atom stereocenters. The third-order valence-electron chi connectivity index (χ3n) is 5.46. The van der Waals surface area contributed by atoms with Crippen LogP contribution in [0.15, 0.2) is 54.6 Å². The minimum absolute atomic E-state index is 0.0188. The molecule has 176 valence electrons. The van der Waals surface area contributed by atoms with Crippen molar-refractivity contribution >= 4 is 28.2 Å². The van der Waals surface area contributed by atoms with Crippen LogP contribution in [0.4, 0.5) is 19.0 Å². The molecule has 0 aliphatic rings. The molecule has 4 rings (SSSR count). The van der Waals surface area contributed by atoms with E-state index in [4.69, 9.17) is 21.1 Å². The number of hydrogen-bond acceptors (Lipinski definition) is 5. The van der Waals surface area contributed by atoms with E-state index in [-0.39, 0.29) is 5.02 Å². The number of halogens is 4. The van der Waals surface area contributed by atoms with Crippen LogP contribution in [-0.2, 0) is 12.7 Å². The van der Waals surface area contributed by atoms with E-state index in [0.717, 1.165) is 28.5 Å². The lowest BCUT2D eigenvalue weighted by Crippen LogP contribution is -2.06. The molecule has 0 radical (unpaired) electrons. The van der Waals surface area contributed by atoms with Crippen molar-refractivity contribution in [2.75, 3.05) is 19.5 Å². The summed E-state index contributed by atoms with van der Waals surface area (Å²) in [7, 11) is 3.17. The van der Waals surface area contributed by atoms with Crippen molar-refractivity contribution in [1.82, 2.24) is 10.2 Å². The fraction of sp³-hybridized carbons (Fsp3) is 0.200. The molecule has 9 heteroatoms. The lowest BCUT2D eigenvalue weighted by atomic mass is 9.99. The maximum Gasteiger partial charge on any atom is 0.416 e. The zero-order chi connectivity index (χ0) is 24.5. The van der Waals surface area contributed by atoms with Gasteiger partial charge in [0.05, 0.1) is 25.5 Å². The summed E-state index contributed by atoms with van der Waals surface area (Å²) in [5.74, 6) is 1.90. The largest absolute Gasteiger partial charge is 0.497 e. The van der Waals surface area contributed by atoms with E-state index < -0.39 is 11.7 Å². The minimum Gasteiger partial charge on any atom is -0.497 e. The molecule has 1 N–H and O–H groups in total. The Balaban J connectivity index is 1.69. The van der Waals surface area contributed by atoms with E-state index in [1.54, 1.807) is 39.3 Å². The average molecular weight is 488 g/mol. The molecule has 0 bridgehead atoms. The van der Waals surface area contributed by atoms with Gasteiger partial charge in [0.2, 0.25) is 0 Å². The second-order valence-corrected chi connectivity index (χ2v) is 8.09. The molecule has 0 aliphatic heterocycles. The number of hydrogen-bond donors (Lipinski definition) is 1. The summed E-state index contributed by atoms with van der Waals surface area (Å²) >= 11 is 5.97. The summed E-state index contributed by atoms with van der Waals surface area (Å²) in [5.41, 5.74) is 1.72. The molecule has 0 spiro atoms. The van der Waals surface area contributed by atoms with Crippen molar-refractivity contribution in [3.8, 4) is 22.6 Å².